The molecule has 0 unspecified atom stereocenters. The van der Waals surface area contributed by atoms with Crippen molar-refractivity contribution in [3.8, 4) is 0 Å². The summed E-state index contributed by atoms with van der Waals surface area (Å²) in [6.07, 6.45) is 4.70. The highest BCUT2D eigenvalue weighted by atomic mass is 19.1. The fraction of sp³-hybridized carbons (Fsp3) is 0.381. The number of rotatable bonds is 6. The van der Waals surface area contributed by atoms with Crippen molar-refractivity contribution in [3.05, 3.63) is 69.0 Å². The van der Waals surface area contributed by atoms with E-state index >= 15 is 0 Å². The van der Waals surface area contributed by atoms with Gasteiger partial charge >= 0.3 is 5.69 Å². The van der Waals surface area contributed by atoms with E-state index in [4.69, 9.17) is 0 Å². The average molecular weight is 386 g/mol. The summed E-state index contributed by atoms with van der Waals surface area (Å²) in [5.74, 6) is -1.21. The quantitative estimate of drug-likeness (QED) is 0.590. The first-order chi connectivity index (χ1) is 13.3. The van der Waals surface area contributed by atoms with E-state index in [0.29, 0.717) is 0 Å². The molecule has 0 radical (unpaired) electrons. The van der Waals surface area contributed by atoms with Crippen LogP contribution in [0.1, 0.15) is 49.4 Å². The molecule has 0 fully saturated rings. The van der Waals surface area contributed by atoms with Crippen LogP contribution in [0.15, 0.2) is 36.4 Å². The number of aryl methyl sites for hydroxylation is 2. The number of nitro groups is 1. The van der Waals surface area contributed by atoms with Gasteiger partial charge in [0.25, 0.3) is 5.91 Å². The van der Waals surface area contributed by atoms with Gasteiger partial charge in [0.2, 0.25) is 5.82 Å². The molecule has 0 spiro atoms. The Hall–Kier alpha value is -2.80. The number of hydrogen-bond acceptors (Lipinski definition) is 3. The number of nitrogens with one attached hydrogen (secondary N) is 1. The maximum absolute atomic E-state index is 13.4. The third kappa shape index (κ3) is 4.54. The standard InChI is InChI=1S/C21H24FN3O3/c1-13(16-8-7-15-5-3-4-6-17(15)11-16)23-14(2)21(26)24-18-9-10-19(22)20(12-18)25(27)28/h7-14,23H,3-6H2,1-2H3,(H,24,26)/p+1/t13-,14+/m1/s1. The molecule has 0 saturated heterocycles. The summed E-state index contributed by atoms with van der Waals surface area (Å²) < 4.78 is 13.4. The molecule has 2 atom stereocenters. The fourth-order valence-corrected chi connectivity index (χ4v) is 3.65. The Kier molecular flexibility index (Phi) is 6.04. The van der Waals surface area contributed by atoms with Crippen molar-refractivity contribution in [3.63, 3.8) is 0 Å². The number of quaternary nitrogens is 1. The second-order valence-corrected chi connectivity index (χ2v) is 7.42. The maximum Gasteiger partial charge on any atom is 0.306 e. The molecule has 28 heavy (non-hydrogen) atoms. The van der Waals surface area contributed by atoms with E-state index in [1.807, 2.05) is 5.32 Å². The lowest BCUT2D eigenvalue weighted by atomic mass is 9.89. The van der Waals surface area contributed by atoms with E-state index in [-0.39, 0.29) is 17.6 Å². The number of nitrogens with zero attached hydrogens (tertiary/aromatic N) is 1. The predicted octanol–water partition coefficient (Wildman–Crippen LogP) is 3.26. The van der Waals surface area contributed by atoms with Gasteiger partial charge in [-0.25, -0.2) is 0 Å². The number of nitro benzene ring substituents is 1. The number of fused-ring (bicyclic) bond motifs is 1. The van der Waals surface area contributed by atoms with Crippen LogP contribution in [-0.2, 0) is 17.6 Å². The van der Waals surface area contributed by atoms with Gasteiger partial charge in [-0.05, 0) is 68.9 Å². The number of anilines is 1. The van der Waals surface area contributed by atoms with Crippen molar-refractivity contribution in [2.24, 2.45) is 0 Å². The molecule has 0 aliphatic heterocycles. The monoisotopic (exact) mass is 386 g/mol. The summed E-state index contributed by atoms with van der Waals surface area (Å²) in [5.41, 5.74) is 3.56. The van der Waals surface area contributed by atoms with Gasteiger partial charge in [-0.15, -0.1) is 0 Å². The van der Waals surface area contributed by atoms with Crippen LogP contribution in [-0.4, -0.2) is 16.9 Å². The van der Waals surface area contributed by atoms with Crippen LogP contribution >= 0.6 is 0 Å². The zero-order valence-electron chi connectivity index (χ0n) is 16.1. The fourth-order valence-electron chi connectivity index (χ4n) is 3.65. The third-order valence-electron chi connectivity index (χ3n) is 5.30. The van der Waals surface area contributed by atoms with Crippen LogP contribution in [0.25, 0.3) is 0 Å². The molecule has 3 N–H and O–H groups in total. The predicted molar refractivity (Wildman–Crippen MR) is 105 cm³/mol. The summed E-state index contributed by atoms with van der Waals surface area (Å²) in [7, 11) is 0. The van der Waals surface area contributed by atoms with Gasteiger partial charge in [0.15, 0.2) is 6.04 Å². The second kappa shape index (κ2) is 8.48. The number of carbonyl (C=O) groups excluding carboxylic acids is 1. The van der Waals surface area contributed by atoms with Crippen LogP contribution in [0.4, 0.5) is 15.8 Å². The summed E-state index contributed by atoms with van der Waals surface area (Å²) in [6, 6.07) is 9.58. The molecule has 2 aromatic carbocycles. The van der Waals surface area contributed by atoms with Crippen molar-refractivity contribution in [1.29, 1.82) is 0 Å². The largest absolute Gasteiger partial charge is 0.330 e. The van der Waals surface area contributed by atoms with Crippen molar-refractivity contribution in [2.45, 2.75) is 51.6 Å². The van der Waals surface area contributed by atoms with Gasteiger partial charge in [0, 0.05) is 17.3 Å². The van der Waals surface area contributed by atoms with Crippen molar-refractivity contribution in [2.75, 3.05) is 5.32 Å². The van der Waals surface area contributed by atoms with Crippen LogP contribution in [0.3, 0.4) is 0 Å². The lowest BCUT2D eigenvalue weighted by molar-refractivity contribution is -0.709. The van der Waals surface area contributed by atoms with Gasteiger partial charge in [0.05, 0.1) is 4.92 Å². The minimum absolute atomic E-state index is 0.0931. The number of halogens is 1. The Bertz CT molecular complexity index is 900. The Labute approximate surface area is 163 Å². The van der Waals surface area contributed by atoms with E-state index in [9.17, 15) is 19.3 Å². The third-order valence-corrected chi connectivity index (χ3v) is 5.30. The SMILES string of the molecule is C[C@H]([NH2+][C@H](C)c1ccc2c(c1)CCCC2)C(=O)Nc1ccc(F)c([N+](=O)[O-])c1. The van der Waals surface area contributed by atoms with Crippen LogP contribution in [0.5, 0.6) is 0 Å². The van der Waals surface area contributed by atoms with Crippen LogP contribution < -0.4 is 10.6 Å². The molecule has 0 aromatic heterocycles. The highest BCUT2D eigenvalue weighted by Gasteiger charge is 2.23. The Morgan fingerprint density at radius 3 is 2.57 bits per heavy atom. The average Bonchev–Trinajstić information content (AvgIpc) is 2.68. The summed E-state index contributed by atoms with van der Waals surface area (Å²) >= 11 is 0. The molecule has 1 aliphatic carbocycles. The second-order valence-electron chi connectivity index (χ2n) is 7.42. The molecule has 0 bridgehead atoms. The number of nitrogens with two attached hydrogens (primary N) is 1. The van der Waals surface area contributed by atoms with Crippen LogP contribution in [0.2, 0.25) is 0 Å². The minimum Gasteiger partial charge on any atom is -0.330 e. The molecule has 2 aromatic rings. The van der Waals surface area contributed by atoms with E-state index < -0.39 is 22.5 Å². The molecule has 3 rings (SSSR count). The molecule has 148 valence electrons. The summed E-state index contributed by atoms with van der Waals surface area (Å²) in [6.45, 7) is 3.83. The first kappa shape index (κ1) is 19.9. The summed E-state index contributed by atoms with van der Waals surface area (Å²) in [4.78, 5) is 22.5. The first-order valence-electron chi connectivity index (χ1n) is 9.56. The topological polar surface area (TPSA) is 88.8 Å². The highest BCUT2D eigenvalue weighted by Crippen LogP contribution is 2.24. The molecule has 7 heteroatoms. The van der Waals surface area contributed by atoms with Gasteiger partial charge in [-0.3, -0.25) is 14.9 Å². The molecule has 0 heterocycles. The lowest BCUT2D eigenvalue weighted by Gasteiger charge is -2.20. The zero-order valence-corrected chi connectivity index (χ0v) is 16.1. The number of hydrogen-bond donors (Lipinski definition) is 2. The van der Waals surface area contributed by atoms with Gasteiger partial charge < -0.3 is 10.6 Å². The lowest BCUT2D eigenvalue weighted by Crippen LogP contribution is -2.91. The number of benzene rings is 2. The zero-order chi connectivity index (χ0) is 20.3. The molecule has 1 amide bonds. The van der Waals surface area contributed by atoms with Crippen LogP contribution in [0, 0.1) is 15.9 Å². The van der Waals surface area contributed by atoms with Crippen molar-refractivity contribution >= 4 is 17.3 Å². The van der Waals surface area contributed by atoms with E-state index in [0.717, 1.165) is 25.0 Å². The summed E-state index contributed by atoms with van der Waals surface area (Å²) in [5, 5.41) is 15.4. The van der Waals surface area contributed by atoms with Crippen molar-refractivity contribution < 1.29 is 19.4 Å². The number of amides is 1. The van der Waals surface area contributed by atoms with E-state index in [1.54, 1.807) is 6.92 Å². The van der Waals surface area contributed by atoms with E-state index in [1.165, 1.54) is 35.6 Å². The molecular weight excluding hydrogens is 361 g/mol. The highest BCUT2D eigenvalue weighted by molar-refractivity contribution is 5.93. The van der Waals surface area contributed by atoms with Gasteiger partial charge in [0.1, 0.15) is 6.04 Å². The molecule has 1 aliphatic rings. The Balaban J connectivity index is 1.64. The first-order valence-corrected chi connectivity index (χ1v) is 9.56. The normalized spacial score (nSPS) is 15.4. The number of carbonyl (C=O) groups is 1. The minimum atomic E-state index is -0.927. The maximum atomic E-state index is 13.4. The van der Waals surface area contributed by atoms with Gasteiger partial charge in [-0.1, -0.05) is 12.1 Å². The smallest absolute Gasteiger partial charge is 0.306 e. The van der Waals surface area contributed by atoms with Crippen molar-refractivity contribution in [1.82, 2.24) is 0 Å². The van der Waals surface area contributed by atoms with Gasteiger partial charge in [-0.2, -0.15) is 4.39 Å². The molecular formula is C21H25FN3O3+. The Morgan fingerprint density at radius 2 is 1.86 bits per heavy atom. The Morgan fingerprint density at radius 1 is 1.14 bits per heavy atom. The van der Waals surface area contributed by atoms with E-state index in [2.05, 4.69) is 30.4 Å². The molecule has 0 saturated carbocycles. The molecule has 6 nitrogen and oxygen atoms in total.